The topological polar surface area (TPSA) is 0 Å². The van der Waals surface area contributed by atoms with Crippen LogP contribution in [0.25, 0.3) is 0 Å². The van der Waals surface area contributed by atoms with Crippen molar-refractivity contribution in [3.8, 4) is 0 Å². The van der Waals surface area contributed by atoms with Crippen LogP contribution in [0.15, 0.2) is 48.6 Å². The summed E-state index contributed by atoms with van der Waals surface area (Å²) in [5.74, 6) is 0.558. The van der Waals surface area contributed by atoms with E-state index in [1.807, 2.05) is 0 Å². The average Bonchev–Trinajstić information content (AvgIpc) is 2.35. The van der Waals surface area contributed by atoms with Crippen LogP contribution in [0.5, 0.6) is 0 Å². The maximum absolute atomic E-state index is 4.39. The number of rotatable bonds is 7. The molecule has 0 heteroatoms. The highest BCUT2D eigenvalue weighted by Crippen LogP contribution is 2.31. The molecule has 0 amide bonds. The van der Waals surface area contributed by atoms with Crippen LogP contribution < -0.4 is 0 Å². The smallest absolute Gasteiger partial charge is 0.00669 e. The van der Waals surface area contributed by atoms with E-state index in [0.717, 1.165) is 12.8 Å². The molecule has 0 aliphatic heterocycles. The highest BCUT2D eigenvalue weighted by Gasteiger charge is 2.18. The van der Waals surface area contributed by atoms with Crippen LogP contribution in [-0.2, 0) is 6.42 Å². The highest BCUT2D eigenvalue weighted by atomic mass is 14.2. The van der Waals surface area contributed by atoms with Crippen LogP contribution in [-0.4, -0.2) is 0 Å². The van der Waals surface area contributed by atoms with Crippen molar-refractivity contribution in [1.29, 1.82) is 0 Å². The van der Waals surface area contributed by atoms with Gasteiger partial charge in [0.05, 0.1) is 0 Å². The Kier molecular flexibility index (Phi) is 6.45. The monoisotopic (exact) mass is 284 g/mol. The second-order valence-electron chi connectivity index (χ2n) is 7.78. The molecular weight excluding hydrogens is 252 g/mol. The predicted molar refractivity (Wildman–Crippen MR) is 95.6 cm³/mol. The van der Waals surface area contributed by atoms with E-state index < -0.39 is 0 Å². The van der Waals surface area contributed by atoms with Gasteiger partial charge in [-0.1, -0.05) is 68.3 Å². The number of hydrogen-bond donors (Lipinski definition) is 0. The van der Waals surface area contributed by atoms with Gasteiger partial charge >= 0.3 is 0 Å². The lowest BCUT2D eigenvalue weighted by Crippen LogP contribution is -2.12. The Hall–Kier alpha value is -1.30. The van der Waals surface area contributed by atoms with Crippen molar-refractivity contribution in [3.05, 3.63) is 59.7 Å². The second-order valence-corrected chi connectivity index (χ2v) is 7.78. The average molecular weight is 284 g/mol. The van der Waals surface area contributed by atoms with Crippen LogP contribution in [0, 0.1) is 18.3 Å². The predicted octanol–water partition coefficient (Wildman–Crippen LogP) is 6.50. The summed E-state index contributed by atoms with van der Waals surface area (Å²) < 4.78 is 0. The third kappa shape index (κ3) is 7.32. The molecule has 0 heterocycles. The van der Waals surface area contributed by atoms with Crippen molar-refractivity contribution in [1.82, 2.24) is 0 Å². The Morgan fingerprint density at radius 1 is 1.10 bits per heavy atom. The Morgan fingerprint density at radius 2 is 1.67 bits per heavy atom. The summed E-state index contributed by atoms with van der Waals surface area (Å²) in [5.41, 5.74) is 5.69. The lowest BCUT2D eigenvalue weighted by Gasteiger charge is -2.25. The molecule has 116 valence electrons. The van der Waals surface area contributed by atoms with E-state index in [-0.39, 0.29) is 0 Å². The summed E-state index contributed by atoms with van der Waals surface area (Å²) in [6.45, 7) is 19.7. The molecule has 0 saturated heterocycles. The van der Waals surface area contributed by atoms with E-state index in [1.54, 1.807) is 0 Å². The fraction of sp³-hybridized carbons (Fsp3) is 0.524. The first-order valence-electron chi connectivity index (χ1n) is 8.05. The first kappa shape index (κ1) is 17.8. The molecule has 0 spiro atoms. The van der Waals surface area contributed by atoms with Crippen molar-refractivity contribution in [3.63, 3.8) is 0 Å². The minimum absolute atomic E-state index is 0.386. The molecule has 0 aliphatic carbocycles. The van der Waals surface area contributed by atoms with Gasteiger partial charge in [-0.2, -0.15) is 0 Å². The number of benzene rings is 1. The minimum Gasteiger partial charge on any atom is -0.100 e. The van der Waals surface area contributed by atoms with Crippen molar-refractivity contribution in [2.45, 2.75) is 60.3 Å². The van der Waals surface area contributed by atoms with Gasteiger partial charge in [-0.15, -0.1) is 6.58 Å². The van der Waals surface area contributed by atoms with E-state index in [4.69, 9.17) is 0 Å². The highest BCUT2D eigenvalue weighted by molar-refractivity contribution is 5.26. The second kappa shape index (κ2) is 7.64. The third-order valence-corrected chi connectivity index (χ3v) is 3.97. The summed E-state index contributed by atoms with van der Waals surface area (Å²) in [4.78, 5) is 0. The van der Waals surface area contributed by atoms with Gasteiger partial charge in [0.25, 0.3) is 0 Å². The molecule has 0 aromatic heterocycles. The first-order valence-corrected chi connectivity index (χ1v) is 8.05. The lowest BCUT2D eigenvalue weighted by molar-refractivity contribution is 0.334. The minimum atomic E-state index is 0.386. The van der Waals surface area contributed by atoms with Crippen LogP contribution in [0.2, 0.25) is 0 Å². The molecular formula is C21H32. The molecule has 1 atom stereocenters. The standard InChI is InChI=1S/C21H32/c1-16(2)14-20(12-13-21(5,6)7)18(4)15-19-10-8-17(3)9-11-19/h8-11,20H,1,4,12-15H2,2-3,5-7H3. The van der Waals surface area contributed by atoms with E-state index in [2.05, 4.69) is 72.0 Å². The van der Waals surface area contributed by atoms with E-state index >= 15 is 0 Å². The molecule has 0 bridgehead atoms. The zero-order chi connectivity index (χ0) is 16.0. The van der Waals surface area contributed by atoms with Gasteiger partial charge in [0.2, 0.25) is 0 Å². The maximum Gasteiger partial charge on any atom is -0.00669 e. The molecule has 1 rings (SSSR count). The summed E-state index contributed by atoms with van der Waals surface area (Å²) >= 11 is 0. The fourth-order valence-corrected chi connectivity index (χ4v) is 2.59. The van der Waals surface area contributed by atoms with Crippen LogP contribution >= 0.6 is 0 Å². The SMILES string of the molecule is C=C(C)CC(CCC(C)(C)C)C(=C)Cc1ccc(C)cc1. The first-order chi connectivity index (χ1) is 9.67. The molecule has 0 saturated carbocycles. The quantitative estimate of drug-likeness (QED) is 0.501. The largest absolute Gasteiger partial charge is 0.100 e. The van der Waals surface area contributed by atoms with Gasteiger partial charge in [0.1, 0.15) is 0 Å². The Labute approximate surface area is 132 Å². The maximum atomic E-state index is 4.39. The lowest BCUT2D eigenvalue weighted by atomic mass is 9.80. The van der Waals surface area contributed by atoms with Gasteiger partial charge in [-0.25, -0.2) is 0 Å². The van der Waals surface area contributed by atoms with Crippen LogP contribution in [0.3, 0.4) is 0 Å². The summed E-state index contributed by atoms with van der Waals surface area (Å²) in [5, 5.41) is 0. The van der Waals surface area contributed by atoms with Gasteiger partial charge in [-0.05, 0) is 56.4 Å². The normalized spacial score (nSPS) is 13.0. The van der Waals surface area contributed by atoms with E-state index in [1.165, 1.54) is 35.1 Å². The number of hydrogen-bond acceptors (Lipinski definition) is 0. The van der Waals surface area contributed by atoms with Gasteiger partial charge in [-0.3, -0.25) is 0 Å². The van der Waals surface area contributed by atoms with Gasteiger partial charge < -0.3 is 0 Å². The van der Waals surface area contributed by atoms with Gasteiger partial charge in [0.15, 0.2) is 0 Å². The Balaban J connectivity index is 2.70. The molecule has 0 radical (unpaired) electrons. The molecule has 0 fully saturated rings. The molecule has 0 nitrogen and oxygen atoms in total. The summed E-state index contributed by atoms with van der Waals surface area (Å²) in [7, 11) is 0. The van der Waals surface area contributed by atoms with Crippen molar-refractivity contribution < 1.29 is 0 Å². The summed E-state index contributed by atoms with van der Waals surface area (Å²) in [6.07, 6.45) is 4.50. The Morgan fingerprint density at radius 3 is 2.14 bits per heavy atom. The van der Waals surface area contributed by atoms with E-state index in [0.29, 0.717) is 11.3 Å². The zero-order valence-corrected chi connectivity index (χ0v) is 14.6. The number of aryl methyl sites for hydroxylation is 1. The third-order valence-electron chi connectivity index (χ3n) is 3.97. The summed E-state index contributed by atoms with van der Waals surface area (Å²) in [6, 6.07) is 8.82. The van der Waals surface area contributed by atoms with Crippen molar-refractivity contribution in [2.24, 2.45) is 11.3 Å². The van der Waals surface area contributed by atoms with Gasteiger partial charge in [0, 0.05) is 0 Å². The molecule has 1 unspecified atom stereocenters. The van der Waals surface area contributed by atoms with E-state index in [9.17, 15) is 0 Å². The molecule has 21 heavy (non-hydrogen) atoms. The van der Waals surface area contributed by atoms with Crippen LogP contribution in [0.4, 0.5) is 0 Å². The van der Waals surface area contributed by atoms with Crippen LogP contribution in [0.1, 0.15) is 58.1 Å². The molecule has 1 aromatic carbocycles. The van der Waals surface area contributed by atoms with Crippen molar-refractivity contribution >= 4 is 0 Å². The zero-order valence-electron chi connectivity index (χ0n) is 14.6. The molecule has 0 N–H and O–H groups in total. The van der Waals surface area contributed by atoms with Crippen molar-refractivity contribution in [2.75, 3.05) is 0 Å². The molecule has 0 aliphatic rings. The Bertz CT molecular complexity index is 468. The molecule has 1 aromatic rings. The number of allylic oxidation sites excluding steroid dienone is 2. The fourth-order valence-electron chi connectivity index (χ4n) is 2.59.